The predicted octanol–water partition coefficient (Wildman–Crippen LogP) is 4.59. The molecule has 0 aliphatic heterocycles. The van der Waals surface area contributed by atoms with Gasteiger partial charge in [-0.3, -0.25) is 0 Å². The number of fused-ring (bicyclic) bond motifs is 1. The summed E-state index contributed by atoms with van der Waals surface area (Å²) in [6.45, 7) is 0. The number of nitriles is 1. The van der Waals surface area contributed by atoms with Crippen molar-refractivity contribution >= 4 is 16.7 Å². The van der Waals surface area contributed by atoms with E-state index in [-0.39, 0.29) is 0 Å². The largest absolute Gasteiger partial charge is 0.378 e. The molecular weight excluding hydrogens is 308 g/mol. The first-order valence-corrected chi connectivity index (χ1v) is 9.97. The summed E-state index contributed by atoms with van der Waals surface area (Å²) in [5.74, 6) is 0. The number of nitrogens with zero attached hydrogens (tertiary/aromatic N) is 3. The maximum Gasteiger partial charge on any atom is 0.244 e. The quantitative estimate of drug-likeness (QED) is 0.833. The second-order valence-electron chi connectivity index (χ2n) is 7.87. The molecule has 1 N–H and O–H groups in total. The topological polar surface area (TPSA) is 44.6 Å². The molecule has 1 aromatic carbocycles. The van der Waals surface area contributed by atoms with Crippen molar-refractivity contribution in [2.24, 2.45) is 7.05 Å². The average molecular weight is 337 g/mol. The summed E-state index contributed by atoms with van der Waals surface area (Å²) < 4.78 is 4.68. The van der Waals surface area contributed by atoms with Crippen LogP contribution in [0, 0.1) is 11.3 Å². The van der Waals surface area contributed by atoms with Crippen LogP contribution in [0.5, 0.6) is 0 Å². The number of imidazole rings is 1. The number of benzene rings is 1. The minimum atomic E-state index is 0.506. The molecule has 0 radical (unpaired) electrons. The normalized spacial score (nSPS) is 19.8. The van der Waals surface area contributed by atoms with E-state index in [9.17, 15) is 5.26 Å². The van der Waals surface area contributed by atoms with Crippen molar-refractivity contribution in [1.82, 2.24) is 4.57 Å². The van der Waals surface area contributed by atoms with Gasteiger partial charge in [-0.05, 0) is 50.7 Å². The van der Waals surface area contributed by atoms with E-state index in [0.717, 1.165) is 11.3 Å². The second-order valence-corrected chi connectivity index (χ2v) is 7.87. The lowest BCUT2D eigenvalue weighted by Crippen LogP contribution is -2.40. The van der Waals surface area contributed by atoms with Gasteiger partial charge in [-0.15, -0.1) is 0 Å². The third-order valence-electron chi connectivity index (χ3n) is 6.13. The molecule has 1 aromatic heterocycles. The molecule has 0 amide bonds. The maximum atomic E-state index is 9.71. The molecule has 0 unspecified atom stereocenters. The first-order chi connectivity index (χ1) is 12.3. The van der Waals surface area contributed by atoms with Crippen LogP contribution in [0.2, 0.25) is 0 Å². The van der Waals surface area contributed by atoms with Crippen molar-refractivity contribution in [2.45, 2.75) is 76.3 Å². The van der Waals surface area contributed by atoms with Crippen LogP contribution in [0.3, 0.4) is 0 Å². The van der Waals surface area contributed by atoms with Crippen LogP contribution in [0.25, 0.3) is 11.0 Å². The molecule has 2 aromatic rings. The zero-order chi connectivity index (χ0) is 17.2. The Bertz CT molecular complexity index is 786. The van der Waals surface area contributed by atoms with Crippen molar-refractivity contribution in [3.8, 4) is 6.07 Å². The minimum absolute atomic E-state index is 0.506. The van der Waals surface area contributed by atoms with Gasteiger partial charge in [0.1, 0.15) is 17.8 Å². The lowest BCUT2D eigenvalue weighted by Gasteiger charge is -2.25. The Balaban J connectivity index is 1.81. The standard InChI is InChI=1S/C21H29N4/c1-24-15-25(18-10-6-3-7-11-18)21-19(24)13-12-16(14-22)20(21)23-17-8-4-2-5-9-17/h12-13,15,17-18,23H,2-11H2,1H3/q+1. The lowest BCUT2D eigenvalue weighted by molar-refractivity contribution is -0.701. The van der Waals surface area contributed by atoms with E-state index < -0.39 is 0 Å². The van der Waals surface area contributed by atoms with Crippen molar-refractivity contribution in [3.05, 3.63) is 24.0 Å². The van der Waals surface area contributed by atoms with Gasteiger partial charge < -0.3 is 5.32 Å². The molecule has 2 aliphatic rings. The van der Waals surface area contributed by atoms with E-state index in [1.807, 2.05) is 6.07 Å². The molecule has 4 nitrogen and oxygen atoms in total. The van der Waals surface area contributed by atoms with Crippen LogP contribution < -0.4 is 9.88 Å². The van der Waals surface area contributed by atoms with Gasteiger partial charge in [0.15, 0.2) is 11.0 Å². The summed E-state index contributed by atoms with van der Waals surface area (Å²) in [7, 11) is 2.12. The van der Waals surface area contributed by atoms with E-state index in [0.29, 0.717) is 12.1 Å². The van der Waals surface area contributed by atoms with Gasteiger partial charge in [-0.1, -0.05) is 25.7 Å². The summed E-state index contributed by atoms with van der Waals surface area (Å²) in [6.07, 6.45) is 15.1. The first kappa shape index (κ1) is 16.4. The Morgan fingerprint density at radius 1 is 1.04 bits per heavy atom. The van der Waals surface area contributed by atoms with E-state index >= 15 is 0 Å². The molecule has 2 aliphatic carbocycles. The molecule has 0 bridgehead atoms. The van der Waals surface area contributed by atoms with Crippen LogP contribution in [0.4, 0.5) is 5.69 Å². The zero-order valence-electron chi connectivity index (χ0n) is 15.3. The lowest BCUT2D eigenvalue weighted by atomic mass is 9.94. The van der Waals surface area contributed by atoms with Crippen LogP contribution in [-0.4, -0.2) is 10.6 Å². The smallest absolute Gasteiger partial charge is 0.244 e. The maximum absolute atomic E-state index is 9.71. The van der Waals surface area contributed by atoms with E-state index in [1.165, 1.54) is 75.2 Å². The van der Waals surface area contributed by atoms with Gasteiger partial charge in [-0.2, -0.15) is 5.26 Å². The Hall–Kier alpha value is -2.02. The Morgan fingerprint density at radius 3 is 2.40 bits per heavy atom. The van der Waals surface area contributed by atoms with Crippen molar-refractivity contribution in [2.75, 3.05) is 5.32 Å². The molecule has 25 heavy (non-hydrogen) atoms. The van der Waals surface area contributed by atoms with Gasteiger partial charge in [0, 0.05) is 6.04 Å². The molecule has 132 valence electrons. The SMILES string of the molecule is Cn1c[n+](C2CCCCC2)c2c(NC3CCCCC3)c(C#N)ccc21. The van der Waals surface area contributed by atoms with Gasteiger partial charge in [-0.25, -0.2) is 9.13 Å². The summed E-state index contributed by atoms with van der Waals surface area (Å²) in [5, 5.41) is 13.5. The highest BCUT2D eigenvalue weighted by Gasteiger charge is 2.28. The van der Waals surface area contributed by atoms with Crippen LogP contribution in [-0.2, 0) is 7.05 Å². The number of anilines is 1. The number of nitrogens with one attached hydrogen (secondary N) is 1. The molecule has 2 saturated carbocycles. The average Bonchev–Trinajstić information content (AvgIpc) is 3.01. The summed E-state index contributed by atoms with van der Waals surface area (Å²) in [5.41, 5.74) is 4.31. The monoisotopic (exact) mass is 337 g/mol. The first-order valence-electron chi connectivity index (χ1n) is 9.97. The predicted molar refractivity (Wildman–Crippen MR) is 100 cm³/mol. The molecule has 2 fully saturated rings. The van der Waals surface area contributed by atoms with Crippen LogP contribution in [0.1, 0.15) is 75.8 Å². The Morgan fingerprint density at radius 2 is 1.72 bits per heavy atom. The van der Waals surface area contributed by atoms with Crippen LogP contribution in [0.15, 0.2) is 18.5 Å². The van der Waals surface area contributed by atoms with E-state index in [4.69, 9.17) is 0 Å². The molecule has 0 saturated heterocycles. The highest BCUT2D eigenvalue weighted by Crippen LogP contribution is 2.32. The van der Waals surface area contributed by atoms with Crippen molar-refractivity contribution < 1.29 is 4.57 Å². The fourth-order valence-electron chi connectivity index (χ4n) is 4.76. The third-order valence-corrected chi connectivity index (χ3v) is 6.13. The Kier molecular flexibility index (Phi) is 4.65. The summed E-state index contributed by atoms with van der Waals surface area (Å²) >= 11 is 0. The second kappa shape index (κ2) is 7.07. The fourth-order valence-corrected chi connectivity index (χ4v) is 4.76. The fraction of sp³-hybridized carbons (Fsp3) is 0.619. The number of aromatic nitrogens is 2. The van der Waals surface area contributed by atoms with E-state index in [2.05, 4.69) is 40.0 Å². The molecular formula is C21H29N4+. The summed E-state index contributed by atoms with van der Waals surface area (Å²) in [6, 6.07) is 7.60. The van der Waals surface area contributed by atoms with Gasteiger partial charge >= 0.3 is 0 Å². The van der Waals surface area contributed by atoms with Gasteiger partial charge in [0.2, 0.25) is 6.33 Å². The number of rotatable bonds is 3. The highest BCUT2D eigenvalue weighted by atomic mass is 15.2. The Labute approximate surface area is 150 Å². The van der Waals surface area contributed by atoms with E-state index in [1.54, 1.807) is 0 Å². The molecule has 4 rings (SSSR count). The number of hydrogen-bond donors (Lipinski definition) is 1. The van der Waals surface area contributed by atoms with Crippen LogP contribution >= 0.6 is 0 Å². The number of hydrogen-bond acceptors (Lipinski definition) is 2. The molecule has 0 spiro atoms. The van der Waals surface area contributed by atoms with Crippen molar-refractivity contribution in [1.29, 1.82) is 5.26 Å². The van der Waals surface area contributed by atoms with Gasteiger partial charge in [0.05, 0.1) is 12.6 Å². The summed E-state index contributed by atoms with van der Waals surface area (Å²) in [4.78, 5) is 0. The molecule has 0 atom stereocenters. The third kappa shape index (κ3) is 3.13. The minimum Gasteiger partial charge on any atom is -0.378 e. The molecule has 4 heteroatoms. The van der Waals surface area contributed by atoms with Crippen molar-refractivity contribution in [3.63, 3.8) is 0 Å². The molecule has 1 heterocycles. The number of aryl methyl sites for hydroxylation is 1. The zero-order valence-corrected chi connectivity index (χ0v) is 15.3. The van der Waals surface area contributed by atoms with Gasteiger partial charge in [0.25, 0.3) is 0 Å². The highest BCUT2D eigenvalue weighted by molar-refractivity contribution is 5.89.